The first kappa shape index (κ1) is 21.1. The Balaban J connectivity index is 1.27. The lowest BCUT2D eigenvalue weighted by atomic mass is 10.1. The molecule has 2 aromatic carbocycles. The Morgan fingerprint density at radius 1 is 0.969 bits per heavy atom. The molecule has 4 aromatic rings. The first-order valence-electron chi connectivity index (χ1n) is 10.4. The third-order valence-electron chi connectivity index (χ3n) is 5.04. The largest absolute Gasteiger partial charge is 0.459 e. The molecule has 32 heavy (non-hydrogen) atoms. The van der Waals surface area contributed by atoms with Gasteiger partial charge in [0.05, 0.1) is 17.6 Å². The highest BCUT2D eigenvalue weighted by Gasteiger charge is 2.10. The van der Waals surface area contributed by atoms with Gasteiger partial charge in [-0.3, -0.25) is 9.59 Å². The molecule has 0 atom stereocenters. The highest BCUT2D eigenvalue weighted by atomic mass is 16.3. The van der Waals surface area contributed by atoms with E-state index in [4.69, 9.17) is 4.42 Å². The Labute approximate surface area is 186 Å². The topological polar surface area (TPSA) is 89.2 Å². The van der Waals surface area contributed by atoms with Gasteiger partial charge in [-0.25, -0.2) is 4.68 Å². The van der Waals surface area contributed by atoms with Crippen LogP contribution in [0.4, 0.5) is 5.69 Å². The molecule has 0 aliphatic rings. The average molecular weight is 428 g/mol. The van der Waals surface area contributed by atoms with Crippen LogP contribution in [-0.2, 0) is 6.42 Å². The fourth-order valence-electron chi connectivity index (χ4n) is 3.42. The van der Waals surface area contributed by atoms with Crippen molar-refractivity contribution < 1.29 is 14.0 Å². The zero-order valence-electron chi connectivity index (χ0n) is 18.0. The summed E-state index contributed by atoms with van der Waals surface area (Å²) in [5, 5.41) is 10.2. The van der Waals surface area contributed by atoms with Crippen LogP contribution in [-0.4, -0.2) is 28.1 Å². The average Bonchev–Trinajstić information content (AvgIpc) is 3.44. The molecule has 162 valence electrons. The van der Waals surface area contributed by atoms with Crippen LogP contribution in [0, 0.1) is 13.8 Å². The van der Waals surface area contributed by atoms with Crippen molar-refractivity contribution in [2.75, 3.05) is 11.9 Å². The summed E-state index contributed by atoms with van der Waals surface area (Å²) in [6, 6.07) is 20.2. The summed E-state index contributed by atoms with van der Waals surface area (Å²) in [6.07, 6.45) is 2.17. The van der Waals surface area contributed by atoms with Crippen molar-refractivity contribution in [3.8, 4) is 5.69 Å². The van der Waals surface area contributed by atoms with Gasteiger partial charge >= 0.3 is 0 Å². The van der Waals surface area contributed by atoms with Gasteiger partial charge in [0.1, 0.15) is 0 Å². The van der Waals surface area contributed by atoms with Gasteiger partial charge in [0.2, 0.25) is 0 Å². The summed E-state index contributed by atoms with van der Waals surface area (Å²) in [4.78, 5) is 24.4. The summed E-state index contributed by atoms with van der Waals surface area (Å²) in [6.45, 7) is 4.53. The molecular formula is C25H24N4O3. The molecule has 0 spiro atoms. The Bertz CT molecular complexity index is 1210. The number of anilines is 1. The van der Waals surface area contributed by atoms with E-state index in [-0.39, 0.29) is 17.6 Å². The van der Waals surface area contributed by atoms with Gasteiger partial charge in [-0.05, 0) is 80.4 Å². The third-order valence-corrected chi connectivity index (χ3v) is 5.04. The SMILES string of the molecule is Cc1cc(C)n(-c2ccc(CCNC(=O)c3ccc(NC(=O)c4ccco4)cc3)cc2)n1. The van der Waals surface area contributed by atoms with Gasteiger partial charge in [0.15, 0.2) is 5.76 Å². The molecule has 0 radical (unpaired) electrons. The molecule has 0 bridgehead atoms. The van der Waals surface area contributed by atoms with Crippen LogP contribution in [0.1, 0.15) is 37.9 Å². The van der Waals surface area contributed by atoms with Crippen LogP contribution < -0.4 is 10.6 Å². The molecule has 2 heterocycles. The molecule has 4 rings (SSSR count). The van der Waals surface area contributed by atoms with Crippen molar-refractivity contribution in [1.82, 2.24) is 15.1 Å². The van der Waals surface area contributed by atoms with Crippen molar-refractivity contribution in [3.05, 3.63) is 101 Å². The maximum absolute atomic E-state index is 12.4. The first-order chi connectivity index (χ1) is 15.5. The normalized spacial score (nSPS) is 10.7. The quantitative estimate of drug-likeness (QED) is 0.459. The molecule has 0 saturated heterocycles. The fraction of sp³-hybridized carbons (Fsp3) is 0.160. The highest BCUT2D eigenvalue weighted by molar-refractivity contribution is 6.02. The minimum absolute atomic E-state index is 0.159. The van der Waals surface area contributed by atoms with E-state index in [9.17, 15) is 9.59 Å². The van der Waals surface area contributed by atoms with E-state index in [2.05, 4.69) is 27.9 Å². The fourth-order valence-corrected chi connectivity index (χ4v) is 3.42. The Morgan fingerprint density at radius 2 is 1.72 bits per heavy atom. The number of aromatic nitrogens is 2. The maximum atomic E-state index is 12.4. The lowest BCUT2D eigenvalue weighted by Gasteiger charge is -2.08. The van der Waals surface area contributed by atoms with Crippen LogP contribution in [0.25, 0.3) is 5.69 Å². The number of carbonyl (C=O) groups is 2. The van der Waals surface area contributed by atoms with Crippen LogP contribution in [0.3, 0.4) is 0 Å². The number of hydrogen-bond acceptors (Lipinski definition) is 4. The number of amides is 2. The molecule has 2 N–H and O–H groups in total. The minimum Gasteiger partial charge on any atom is -0.459 e. The van der Waals surface area contributed by atoms with Crippen LogP contribution >= 0.6 is 0 Å². The Morgan fingerprint density at radius 3 is 2.34 bits per heavy atom. The summed E-state index contributed by atoms with van der Waals surface area (Å²) < 4.78 is 6.98. The van der Waals surface area contributed by atoms with Crippen LogP contribution in [0.2, 0.25) is 0 Å². The summed E-state index contributed by atoms with van der Waals surface area (Å²) in [5.41, 5.74) is 5.34. The number of nitrogens with one attached hydrogen (secondary N) is 2. The molecule has 2 amide bonds. The predicted octanol–water partition coefficient (Wildman–Crippen LogP) is 4.31. The minimum atomic E-state index is -0.337. The van der Waals surface area contributed by atoms with Gasteiger partial charge in [-0.1, -0.05) is 12.1 Å². The molecule has 0 fully saturated rings. The number of hydrogen-bond donors (Lipinski definition) is 2. The van der Waals surface area contributed by atoms with E-state index in [1.807, 2.05) is 36.7 Å². The molecule has 0 unspecified atom stereocenters. The molecule has 2 aromatic heterocycles. The van der Waals surface area contributed by atoms with Crippen LogP contribution in [0.15, 0.2) is 77.4 Å². The maximum Gasteiger partial charge on any atom is 0.291 e. The monoisotopic (exact) mass is 428 g/mol. The van der Waals surface area contributed by atoms with E-state index in [1.54, 1.807) is 36.4 Å². The lowest BCUT2D eigenvalue weighted by Crippen LogP contribution is -2.25. The zero-order chi connectivity index (χ0) is 22.5. The highest BCUT2D eigenvalue weighted by Crippen LogP contribution is 2.14. The van der Waals surface area contributed by atoms with Gasteiger partial charge < -0.3 is 15.1 Å². The number of carbonyl (C=O) groups excluding carboxylic acids is 2. The Hall–Kier alpha value is -4.13. The summed E-state index contributed by atoms with van der Waals surface area (Å²) >= 11 is 0. The second-order valence-electron chi connectivity index (χ2n) is 7.52. The van der Waals surface area contributed by atoms with Crippen molar-refractivity contribution in [1.29, 1.82) is 0 Å². The number of aryl methyl sites for hydroxylation is 2. The van der Waals surface area contributed by atoms with Crippen molar-refractivity contribution in [2.24, 2.45) is 0 Å². The molecule has 7 heteroatoms. The van der Waals surface area contributed by atoms with E-state index in [0.29, 0.717) is 17.8 Å². The van der Waals surface area contributed by atoms with Gasteiger partial charge in [-0.15, -0.1) is 0 Å². The number of benzene rings is 2. The van der Waals surface area contributed by atoms with E-state index < -0.39 is 0 Å². The van der Waals surface area contributed by atoms with Gasteiger partial charge in [0.25, 0.3) is 11.8 Å². The number of rotatable bonds is 7. The van der Waals surface area contributed by atoms with Gasteiger partial charge in [-0.2, -0.15) is 5.10 Å². The van der Waals surface area contributed by atoms with E-state index in [0.717, 1.165) is 29.1 Å². The number of nitrogens with zero attached hydrogens (tertiary/aromatic N) is 2. The molecule has 0 aliphatic carbocycles. The zero-order valence-corrected chi connectivity index (χ0v) is 18.0. The molecule has 0 saturated carbocycles. The standard InChI is InChI=1S/C25H24N4O3/c1-17-16-18(2)29(28-17)22-11-5-19(6-12-22)13-14-26-24(30)20-7-9-21(10-8-20)27-25(31)23-4-3-15-32-23/h3-12,15-16H,13-14H2,1-2H3,(H,26,30)(H,27,31). The summed E-state index contributed by atoms with van der Waals surface area (Å²) in [5.74, 6) is -0.265. The van der Waals surface area contributed by atoms with Crippen LogP contribution in [0.5, 0.6) is 0 Å². The smallest absolute Gasteiger partial charge is 0.291 e. The van der Waals surface area contributed by atoms with Crippen molar-refractivity contribution in [3.63, 3.8) is 0 Å². The van der Waals surface area contributed by atoms with Crippen molar-refractivity contribution >= 4 is 17.5 Å². The summed E-state index contributed by atoms with van der Waals surface area (Å²) in [7, 11) is 0. The third kappa shape index (κ3) is 4.95. The molecular weight excluding hydrogens is 404 g/mol. The second-order valence-corrected chi connectivity index (χ2v) is 7.52. The first-order valence-corrected chi connectivity index (χ1v) is 10.4. The van der Waals surface area contributed by atoms with Crippen molar-refractivity contribution in [2.45, 2.75) is 20.3 Å². The lowest BCUT2D eigenvalue weighted by molar-refractivity contribution is 0.0953. The molecule has 7 nitrogen and oxygen atoms in total. The molecule has 0 aliphatic heterocycles. The Kier molecular flexibility index (Phi) is 6.17. The number of furan rings is 1. The second kappa shape index (κ2) is 9.34. The van der Waals surface area contributed by atoms with E-state index in [1.165, 1.54) is 6.26 Å². The van der Waals surface area contributed by atoms with Gasteiger partial charge in [0, 0.05) is 23.5 Å². The predicted molar refractivity (Wildman–Crippen MR) is 122 cm³/mol. The van der Waals surface area contributed by atoms with E-state index >= 15 is 0 Å².